The molecule has 3 heteroatoms. The number of methoxy groups -OCH3 is 1. The summed E-state index contributed by atoms with van der Waals surface area (Å²) in [7, 11) is 1.65. The highest BCUT2D eigenvalue weighted by atomic mass is 16.5. The normalized spacial score (nSPS) is 25.7. The number of rotatable bonds is 3. The Kier molecular flexibility index (Phi) is 2.19. The first kappa shape index (κ1) is 8.51. The van der Waals surface area contributed by atoms with E-state index < -0.39 is 0 Å². The quantitative estimate of drug-likeness (QED) is 0.755. The van der Waals surface area contributed by atoms with E-state index in [0.29, 0.717) is 11.8 Å². The monoisotopic (exact) mass is 178 g/mol. The maximum atomic E-state index is 5.57. The van der Waals surface area contributed by atoms with Gasteiger partial charge in [-0.15, -0.1) is 0 Å². The van der Waals surface area contributed by atoms with Gasteiger partial charge in [-0.3, -0.25) is 4.98 Å². The van der Waals surface area contributed by atoms with E-state index in [1.165, 1.54) is 6.42 Å². The fourth-order valence-electron chi connectivity index (χ4n) is 1.60. The van der Waals surface area contributed by atoms with Crippen molar-refractivity contribution >= 4 is 0 Å². The lowest BCUT2D eigenvalue weighted by atomic mass is 10.2. The second kappa shape index (κ2) is 3.34. The molecule has 0 aliphatic heterocycles. The standard InChI is InChI=1S/C10H14N2O/c1-13-8-2-3-10(12-6-8)9-4-7(9)5-11/h2-3,6-7,9H,4-5,11H2,1H3/t7-,9+/m0/s1. The average molecular weight is 178 g/mol. The van der Waals surface area contributed by atoms with Crippen molar-refractivity contribution in [3.63, 3.8) is 0 Å². The van der Waals surface area contributed by atoms with Gasteiger partial charge in [-0.1, -0.05) is 0 Å². The first-order valence-electron chi connectivity index (χ1n) is 4.55. The number of nitrogens with two attached hydrogens (primary N) is 1. The number of pyridine rings is 1. The number of hydrogen-bond acceptors (Lipinski definition) is 3. The predicted molar refractivity (Wildman–Crippen MR) is 50.7 cm³/mol. The fourth-order valence-corrected chi connectivity index (χ4v) is 1.60. The molecule has 0 saturated heterocycles. The minimum atomic E-state index is 0.593. The summed E-state index contributed by atoms with van der Waals surface area (Å²) in [6.45, 7) is 0.776. The summed E-state index contributed by atoms with van der Waals surface area (Å²) >= 11 is 0. The third kappa shape index (κ3) is 1.65. The van der Waals surface area contributed by atoms with Crippen LogP contribution >= 0.6 is 0 Å². The molecular weight excluding hydrogens is 164 g/mol. The molecule has 0 radical (unpaired) electrons. The van der Waals surface area contributed by atoms with Crippen LogP contribution in [0.5, 0.6) is 5.75 Å². The molecule has 2 atom stereocenters. The van der Waals surface area contributed by atoms with Gasteiger partial charge in [0.1, 0.15) is 5.75 Å². The second-order valence-electron chi connectivity index (χ2n) is 3.46. The Balaban J connectivity index is 2.07. The SMILES string of the molecule is COc1ccc([C@@H]2C[C@H]2CN)nc1. The molecule has 1 aromatic rings. The minimum Gasteiger partial charge on any atom is -0.495 e. The molecule has 1 saturated carbocycles. The minimum absolute atomic E-state index is 0.593. The van der Waals surface area contributed by atoms with Gasteiger partial charge in [0.05, 0.1) is 13.3 Å². The van der Waals surface area contributed by atoms with Crippen LogP contribution in [-0.2, 0) is 0 Å². The smallest absolute Gasteiger partial charge is 0.137 e. The summed E-state index contributed by atoms with van der Waals surface area (Å²) in [6.07, 6.45) is 2.96. The molecule has 13 heavy (non-hydrogen) atoms. The molecule has 0 spiro atoms. The van der Waals surface area contributed by atoms with Gasteiger partial charge in [0.25, 0.3) is 0 Å². The molecule has 1 aromatic heterocycles. The van der Waals surface area contributed by atoms with Crippen molar-refractivity contribution in [1.29, 1.82) is 0 Å². The molecule has 1 aliphatic carbocycles. The summed E-state index contributed by atoms with van der Waals surface area (Å²) in [5.74, 6) is 2.06. The van der Waals surface area contributed by atoms with Gasteiger partial charge >= 0.3 is 0 Å². The summed E-state index contributed by atoms with van der Waals surface area (Å²) < 4.78 is 5.04. The van der Waals surface area contributed by atoms with E-state index in [1.54, 1.807) is 13.3 Å². The van der Waals surface area contributed by atoms with Crippen molar-refractivity contribution in [1.82, 2.24) is 4.98 Å². The van der Waals surface area contributed by atoms with Crippen LogP contribution in [0.1, 0.15) is 18.0 Å². The molecule has 3 nitrogen and oxygen atoms in total. The van der Waals surface area contributed by atoms with Crippen LogP contribution < -0.4 is 10.5 Å². The molecule has 1 heterocycles. The Bertz CT molecular complexity index is 283. The Labute approximate surface area is 77.9 Å². The third-order valence-electron chi connectivity index (χ3n) is 2.60. The zero-order chi connectivity index (χ0) is 9.26. The molecule has 2 rings (SSSR count). The summed E-state index contributed by atoms with van der Waals surface area (Å²) in [5.41, 5.74) is 6.71. The highest BCUT2D eigenvalue weighted by molar-refractivity contribution is 5.25. The lowest BCUT2D eigenvalue weighted by molar-refractivity contribution is 0.412. The van der Waals surface area contributed by atoms with E-state index >= 15 is 0 Å². The summed E-state index contributed by atoms with van der Waals surface area (Å²) in [5, 5.41) is 0. The van der Waals surface area contributed by atoms with E-state index in [1.807, 2.05) is 12.1 Å². The highest BCUT2D eigenvalue weighted by Crippen LogP contribution is 2.45. The lowest BCUT2D eigenvalue weighted by Gasteiger charge is -2.00. The Morgan fingerprint density at radius 1 is 1.62 bits per heavy atom. The van der Waals surface area contributed by atoms with Gasteiger partial charge in [-0.05, 0) is 31.0 Å². The van der Waals surface area contributed by atoms with E-state index in [2.05, 4.69) is 4.98 Å². The van der Waals surface area contributed by atoms with Crippen LogP contribution in [-0.4, -0.2) is 18.6 Å². The Hall–Kier alpha value is -1.09. The molecule has 0 amide bonds. The van der Waals surface area contributed by atoms with Crippen molar-refractivity contribution < 1.29 is 4.74 Å². The topological polar surface area (TPSA) is 48.1 Å². The summed E-state index contributed by atoms with van der Waals surface area (Å²) in [4.78, 5) is 4.33. The highest BCUT2D eigenvalue weighted by Gasteiger charge is 2.37. The summed E-state index contributed by atoms with van der Waals surface area (Å²) in [6, 6.07) is 3.98. The van der Waals surface area contributed by atoms with Gasteiger partial charge < -0.3 is 10.5 Å². The van der Waals surface area contributed by atoms with Crippen LogP contribution in [0.25, 0.3) is 0 Å². The first-order chi connectivity index (χ1) is 6.35. The zero-order valence-electron chi connectivity index (χ0n) is 7.73. The molecular formula is C10H14N2O. The molecule has 1 fully saturated rings. The largest absolute Gasteiger partial charge is 0.495 e. The molecule has 1 aliphatic rings. The van der Waals surface area contributed by atoms with Crippen molar-refractivity contribution in [2.75, 3.05) is 13.7 Å². The number of hydrogen-bond donors (Lipinski definition) is 1. The second-order valence-corrected chi connectivity index (χ2v) is 3.46. The van der Waals surface area contributed by atoms with Crippen LogP contribution in [0.2, 0.25) is 0 Å². The van der Waals surface area contributed by atoms with Gasteiger partial charge in [0.15, 0.2) is 0 Å². The fraction of sp³-hybridized carbons (Fsp3) is 0.500. The van der Waals surface area contributed by atoms with Crippen LogP contribution in [0.15, 0.2) is 18.3 Å². The number of aromatic nitrogens is 1. The third-order valence-corrected chi connectivity index (χ3v) is 2.60. The molecule has 0 aromatic carbocycles. The molecule has 0 unspecified atom stereocenters. The van der Waals surface area contributed by atoms with E-state index in [0.717, 1.165) is 18.0 Å². The predicted octanol–water partition coefficient (Wildman–Crippen LogP) is 1.15. The van der Waals surface area contributed by atoms with Crippen molar-refractivity contribution in [3.05, 3.63) is 24.0 Å². The van der Waals surface area contributed by atoms with Crippen molar-refractivity contribution in [2.24, 2.45) is 11.7 Å². The van der Waals surface area contributed by atoms with Gasteiger partial charge in [0, 0.05) is 11.6 Å². The van der Waals surface area contributed by atoms with Gasteiger partial charge in [-0.25, -0.2) is 0 Å². The van der Waals surface area contributed by atoms with E-state index in [9.17, 15) is 0 Å². The maximum absolute atomic E-state index is 5.57. The first-order valence-corrected chi connectivity index (χ1v) is 4.55. The maximum Gasteiger partial charge on any atom is 0.137 e. The van der Waals surface area contributed by atoms with Crippen LogP contribution in [0, 0.1) is 5.92 Å². The Morgan fingerprint density at radius 2 is 2.46 bits per heavy atom. The van der Waals surface area contributed by atoms with Crippen molar-refractivity contribution in [3.8, 4) is 5.75 Å². The Morgan fingerprint density at radius 3 is 2.92 bits per heavy atom. The number of nitrogens with zero attached hydrogens (tertiary/aromatic N) is 1. The van der Waals surface area contributed by atoms with Crippen molar-refractivity contribution in [2.45, 2.75) is 12.3 Å². The zero-order valence-corrected chi connectivity index (χ0v) is 7.73. The molecule has 2 N–H and O–H groups in total. The lowest BCUT2D eigenvalue weighted by Crippen LogP contribution is -2.02. The van der Waals surface area contributed by atoms with E-state index in [4.69, 9.17) is 10.5 Å². The van der Waals surface area contributed by atoms with Crippen LogP contribution in [0.3, 0.4) is 0 Å². The molecule has 0 bridgehead atoms. The van der Waals surface area contributed by atoms with E-state index in [-0.39, 0.29) is 0 Å². The van der Waals surface area contributed by atoms with Gasteiger partial charge in [-0.2, -0.15) is 0 Å². The van der Waals surface area contributed by atoms with Crippen LogP contribution in [0.4, 0.5) is 0 Å². The number of ether oxygens (including phenoxy) is 1. The average Bonchev–Trinajstić information content (AvgIpc) is 2.97. The van der Waals surface area contributed by atoms with Gasteiger partial charge in [0.2, 0.25) is 0 Å². The molecule has 70 valence electrons.